The third-order valence-corrected chi connectivity index (χ3v) is 14.1. The summed E-state index contributed by atoms with van der Waals surface area (Å²) in [4.78, 5) is 44.8. The van der Waals surface area contributed by atoms with Crippen molar-refractivity contribution in [1.82, 2.24) is 9.88 Å². The summed E-state index contributed by atoms with van der Waals surface area (Å²) in [6.45, 7) is 6.66. The predicted octanol–water partition coefficient (Wildman–Crippen LogP) is 13.2. The fourth-order valence-corrected chi connectivity index (χ4v) is 10.1. The van der Waals surface area contributed by atoms with Gasteiger partial charge in [-0.05, 0) is 134 Å². The molecule has 1 aromatic heterocycles. The fraction of sp³-hybridized carbons (Fsp3) is 0.878. The van der Waals surface area contributed by atoms with Crippen molar-refractivity contribution in [3.05, 3.63) is 16.1 Å². The average molecular weight is 831 g/mol. The molecule has 2 bridgehead atoms. The van der Waals surface area contributed by atoms with Crippen LogP contribution in [-0.2, 0) is 30.2 Å². The number of aromatic nitrogens is 1. The molecule has 0 amide bonds. The second kappa shape index (κ2) is 30.9. The van der Waals surface area contributed by atoms with Crippen LogP contribution in [0, 0.1) is 17.3 Å². The summed E-state index contributed by atoms with van der Waals surface area (Å²) in [5.74, 6) is 1.26. The topological polar surface area (TPSA) is 95.0 Å². The summed E-state index contributed by atoms with van der Waals surface area (Å²) >= 11 is 1.55. The van der Waals surface area contributed by atoms with E-state index in [1.54, 1.807) is 11.3 Å². The van der Waals surface area contributed by atoms with E-state index in [-0.39, 0.29) is 24.0 Å². The highest BCUT2D eigenvalue weighted by atomic mass is 32.1. The van der Waals surface area contributed by atoms with E-state index < -0.39 is 0 Å². The molecular weight excluding hydrogens is 745 g/mol. The average Bonchev–Trinajstić information content (AvgIpc) is 3.69. The number of unbranched alkanes of at least 4 members (excludes halogenated alkanes) is 12. The first kappa shape index (κ1) is 50.4. The minimum absolute atomic E-state index is 0.0367. The van der Waals surface area contributed by atoms with E-state index in [1.165, 1.54) is 89.9 Å². The first-order valence-electron chi connectivity index (χ1n) is 24.3. The highest BCUT2D eigenvalue weighted by molar-refractivity contribution is 7.09. The number of hydrogen-bond acceptors (Lipinski definition) is 9. The number of hydrogen-bond donors (Lipinski definition) is 0. The van der Waals surface area contributed by atoms with Crippen molar-refractivity contribution in [2.75, 3.05) is 33.9 Å². The van der Waals surface area contributed by atoms with Crippen molar-refractivity contribution in [1.29, 1.82) is 0 Å². The lowest BCUT2D eigenvalue weighted by Gasteiger charge is -2.46. The summed E-state index contributed by atoms with van der Waals surface area (Å²) in [5, 5.41) is 2.84. The standard InChI is InChI=1S/C49H86N2O6S/c1-5-7-15-22-41(23-16-8-6-2)32-38-55-46(52)27-19-13-9-11-17-24-43(57-48(54)44-40-58-45(50-44)26-21-37-51(3)4)25-18-12-10-14-20-28-47(53)56-39-36-49-33-29-42(30-34-49)31-35-49/h40-43H,5-39H2,1-4H3. The quantitative estimate of drug-likeness (QED) is 0.0375. The molecule has 3 fully saturated rings. The van der Waals surface area contributed by atoms with E-state index in [9.17, 15) is 14.4 Å². The molecule has 3 aliphatic carbocycles. The first-order chi connectivity index (χ1) is 28.2. The van der Waals surface area contributed by atoms with Gasteiger partial charge in [0.25, 0.3) is 0 Å². The number of rotatable bonds is 36. The normalized spacial score (nSPS) is 18.2. The molecule has 1 unspecified atom stereocenters. The summed E-state index contributed by atoms with van der Waals surface area (Å²) in [7, 11) is 4.14. The molecule has 8 nitrogen and oxygen atoms in total. The Morgan fingerprint density at radius 2 is 1.24 bits per heavy atom. The highest BCUT2D eigenvalue weighted by Crippen LogP contribution is 2.52. The van der Waals surface area contributed by atoms with Gasteiger partial charge in [0.2, 0.25) is 0 Å². The Balaban J connectivity index is 1.30. The maximum absolute atomic E-state index is 13.2. The van der Waals surface area contributed by atoms with Crippen LogP contribution in [0.1, 0.15) is 228 Å². The smallest absolute Gasteiger partial charge is 0.358 e. The molecule has 0 radical (unpaired) electrons. The first-order valence-corrected chi connectivity index (χ1v) is 25.2. The molecule has 0 spiro atoms. The molecule has 1 heterocycles. The number of esters is 3. The van der Waals surface area contributed by atoms with E-state index >= 15 is 0 Å². The Hall–Kier alpha value is -2.00. The molecule has 334 valence electrons. The molecule has 58 heavy (non-hydrogen) atoms. The zero-order valence-corrected chi connectivity index (χ0v) is 38.6. The van der Waals surface area contributed by atoms with Crippen molar-refractivity contribution in [3.63, 3.8) is 0 Å². The molecular formula is C49H86N2O6S. The summed E-state index contributed by atoms with van der Waals surface area (Å²) in [6.07, 6.45) is 34.9. The molecule has 0 saturated heterocycles. The number of carbonyl (C=O) groups excluding carboxylic acids is 3. The summed E-state index contributed by atoms with van der Waals surface area (Å²) < 4.78 is 17.4. The monoisotopic (exact) mass is 831 g/mol. The van der Waals surface area contributed by atoms with Crippen LogP contribution in [0.5, 0.6) is 0 Å². The highest BCUT2D eigenvalue weighted by Gasteiger charge is 2.40. The Morgan fingerprint density at radius 3 is 1.81 bits per heavy atom. The van der Waals surface area contributed by atoms with Crippen molar-refractivity contribution in [2.24, 2.45) is 17.3 Å². The molecule has 3 saturated carbocycles. The Morgan fingerprint density at radius 1 is 0.707 bits per heavy atom. The SMILES string of the molecule is CCCCCC(CCCCC)CCOC(=O)CCCCCCCC(CCCCCCCC(=O)OCCC12CCC(CC1)CC2)OC(=O)c1csc(CCCN(C)C)n1. The van der Waals surface area contributed by atoms with Crippen LogP contribution in [0.2, 0.25) is 0 Å². The number of nitrogens with zero attached hydrogens (tertiary/aromatic N) is 2. The van der Waals surface area contributed by atoms with E-state index in [1.807, 2.05) is 5.38 Å². The molecule has 9 heteroatoms. The van der Waals surface area contributed by atoms with Crippen LogP contribution in [0.4, 0.5) is 0 Å². The summed E-state index contributed by atoms with van der Waals surface area (Å²) in [6, 6.07) is 0. The van der Waals surface area contributed by atoms with E-state index in [0.717, 1.165) is 120 Å². The maximum Gasteiger partial charge on any atom is 0.358 e. The van der Waals surface area contributed by atoms with Crippen molar-refractivity contribution in [2.45, 2.75) is 225 Å². The van der Waals surface area contributed by atoms with Gasteiger partial charge >= 0.3 is 17.9 Å². The number of thiazole rings is 1. The second-order valence-corrected chi connectivity index (χ2v) is 19.4. The second-order valence-electron chi connectivity index (χ2n) is 18.5. The molecule has 1 atom stereocenters. The molecule has 4 rings (SSSR count). The third-order valence-electron chi connectivity index (χ3n) is 13.2. The van der Waals surface area contributed by atoms with Gasteiger partial charge < -0.3 is 19.1 Å². The fourth-order valence-electron chi connectivity index (χ4n) is 9.26. The van der Waals surface area contributed by atoms with E-state index in [4.69, 9.17) is 14.2 Å². The van der Waals surface area contributed by atoms with Crippen LogP contribution < -0.4 is 0 Å². The van der Waals surface area contributed by atoms with Crippen LogP contribution in [-0.4, -0.2) is 67.7 Å². The molecule has 0 N–H and O–H groups in total. The summed E-state index contributed by atoms with van der Waals surface area (Å²) in [5.41, 5.74) is 0.889. The zero-order chi connectivity index (χ0) is 41.7. The number of fused-ring (bicyclic) bond motifs is 3. The molecule has 1 aromatic rings. The van der Waals surface area contributed by atoms with Gasteiger partial charge in [-0.25, -0.2) is 9.78 Å². The number of aryl methyl sites for hydroxylation is 1. The zero-order valence-electron chi connectivity index (χ0n) is 37.8. The van der Waals surface area contributed by atoms with Crippen LogP contribution in [0.25, 0.3) is 0 Å². The van der Waals surface area contributed by atoms with Crippen molar-refractivity contribution >= 4 is 29.2 Å². The molecule has 0 aliphatic heterocycles. The molecule has 3 aliphatic rings. The lowest BCUT2D eigenvalue weighted by atomic mass is 9.59. The molecule has 0 aromatic carbocycles. The van der Waals surface area contributed by atoms with Crippen LogP contribution in [0.3, 0.4) is 0 Å². The third kappa shape index (κ3) is 22.6. The lowest BCUT2D eigenvalue weighted by Crippen LogP contribution is -2.35. The largest absolute Gasteiger partial charge is 0.466 e. The Labute approximate surface area is 359 Å². The number of ether oxygens (including phenoxy) is 3. The van der Waals surface area contributed by atoms with E-state index in [0.29, 0.717) is 43.1 Å². The van der Waals surface area contributed by atoms with Gasteiger partial charge in [-0.2, -0.15) is 0 Å². The van der Waals surface area contributed by atoms with Gasteiger partial charge in [0.1, 0.15) is 6.10 Å². The van der Waals surface area contributed by atoms with Gasteiger partial charge in [0.05, 0.1) is 18.2 Å². The minimum Gasteiger partial charge on any atom is -0.466 e. The van der Waals surface area contributed by atoms with Gasteiger partial charge in [0.15, 0.2) is 5.69 Å². The minimum atomic E-state index is -0.304. The van der Waals surface area contributed by atoms with Gasteiger partial charge in [0, 0.05) is 24.6 Å². The van der Waals surface area contributed by atoms with Gasteiger partial charge in [-0.3, -0.25) is 9.59 Å². The lowest BCUT2D eigenvalue weighted by molar-refractivity contribution is -0.145. The van der Waals surface area contributed by atoms with Gasteiger partial charge in [-0.1, -0.05) is 104 Å². The Kier molecular flexibility index (Phi) is 26.9. The predicted molar refractivity (Wildman–Crippen MR) is 239 cm³/mol. The van der Waals surface area contributed by atoms with Crippen molar-refractivity contribution < 1.29 is 28.6 Å². The Bertz CT molecular complexity index is 1200. The van der Waals surface area contributed by atoms with Crippen molar-refractivity contribution in [3.8, 4) is 0 Å². The maximum atomic E-state index is 13.2. The van der Waals surface area contributed by atoms with Crippen LogP contribution in [0.15, 0.2) is 5.38 Å². The number of carbonyl (C=O) groups is 3. The van der Waals surface area contributed by atoms with E-state index in [2.05, 4.69) is 37.8 Å². The van der Waals surface area contributed by atoms with Crippen LogP contribution >= 0.6 is 11.3 Å². The van der Waals surface area contributed by atoms with Gasteiger partial charge in [-0.15, -0.1) is 11.3 Å².